The predicted octanol–water partition coefficient (Wildman–Crippen LogP) is 2.01. The Morgan fingerprint density at radius 1 is 1.33 bits per heavy atom. The van der Waals surface area contributed by atoms with Crippen LogP contribution >= 0.6 is 0 Å². The maximum Gasteiger partial charge on any atom is 0.335 e. The zero-order valence-corrected chi connectivity index (χ0v) is 10.6. The molecule has 2 N–H and O–H groups in total. The molecule has 0 unspecified atom stereocenters. The molecule has 4 nitrogen and oxygen atoms in total. The molecule has 0 bridgehead atoms. The maximum atomic E-state index is 11.3. The molecule has 0 heterocycles. The van der Waals surface area contributed by atoms with Gasteiger partial charge in [0.05, 0.1) is 5.56 Å². The molecule has 0 aromatic heterocycles. The van der Waals surface area contributed by atoms with Crippen LogP contribution in [0.25, 0.3) is 0 Å². The first-order valence-corrected chi connectivity index (χ1v) is 5.74. The van der Waals surface area contributed by atoms with Crippen LogP contribution in [-0.4, -0.2) is 23.5 Å². The summed E-state index contributed by atoms with van der Waals surface area (Å²) < 4.78 is 0. The zero-order valence-electron chi connectivity index (χ0n) is 10.6. The van der Waals surface area contributed by atoms with Gasteiger partial charge in [0.1, 0.15) is 0 Å². The summed E-state index contributed by atoms with van der Waals surface area (Å²) in [5.41, 5.74) is 2.11. The largest absolute Gasteiger partial charge is 0.478 e. The number of amides is 1. The van der Waals surface area contributed by atoms with Crippen molar-refractivity contribution in [2.45, 2.75) is 20.3 Å². The van der Waals surface area contributed by atoms with Crippen molar-refractivity contribution in [2.24, 2.45) is 0 Å². The van der Waals surface area contributed by atoms with E-state index in [0.717, 1.165) is 11.1 Å². The van der Waals surface area contributed by atoms with Crippen molar-refractivity contribution in [3.05, 3.63) is 47.0 Å². The summed E-state index contributed by atoms with van der Waals surface area (Å²) in [6.07, 6.45) is 2.15. The number of nitrogens with one attached hydrogen (secondary N) is 1. The fourth-order valence-electron chi connectivity index (χ4n) is 1.50. The molecule has 0 radical (unpaired) electrons. The lowest BCUT2D eigenvalue weighted by Crippen LogP contribution is -2.23. The summed E-state index contributed by atoms with van der Waals surface area (Å²) in [5, 5.41) is 11.6. The topological polar surface area (TPSA) is 66.4 Å². The maximum absolute atomic E-state index is 11.3. The predicted molar refractivity (Wildman–Crippen MR) is 69.5 cm³/mol. The standard InChI is InChI=1S/C14H17NO3/c1-10(2)8-13(16)15-7-6-11-4-3-5-12(9-11)14(17)18/h3-5,8-9H,6-7H2,1-2H3,(H,15,16)(H,17,18). The fraction of sp³-hybridized carbons (Fsp3) is 0.286. The van der Waals surface area contributed by atoms with Gasteiger partial charge in [0.2, 0.25) is 5.91 Å². The number of carboxylic acids is 1. The van der Waals surface area contributed by atoms with Crippen LogP contribution in [0.4, 0.5) is 0 Å². The van der Waals surface area contributed by atoms with E-state index >= 15 is 0 Å². The Bertz CT molecular complexity index is 474. The van der Waals surface area contributed by atoms with Gasteiger partial charge in [-0.2, -0.15) is 0 Å². The van der Waals surface area contributed by atoms with Gasteiger partial charge < -0.3 is 10.4 Å². The van der Waals surface area contributed by atoms with Gasteiger partial charge in [-0.3, -0.25) is 4.79 Å². The van der Waals surface area contributed by atoms with Crippen molar-refractivity contribution in [2.75, 3.05) is 6.54 Å². The third-order valence-corrected chi connectivity index (χ3v) is 2.31. The average Bonchev–Trinajstić information content (AvgIpc) is 2.28. The van der Waals surface area contributed by atoms with E-state index in [0.29, 0.717) is 13.0 Å². The van der Waals surface area contributed by atoms with Gasteiger partial charge in [-0.05, 0) is 38.0 Å². The van der Waals surface area contributed by atoms with Crippen LogP contribution in [0.3, 0.4) is 0 Å². The third kappa shape index (κ3) is 4.82. The Morgan fingerprint density at radius 2 is 2.06 bits per heavy atom. The third-order valence-electron chi connectivity index (χ3n) is 2.31. The minimum Gasteiger partial charge on any atom is -0.478 e. The molecule has 1 amide bonds. The molecule has 0 aliphatic carbocycles. The van der Waals surface area contributed by atoms with E-state index in [1.807, 2.05) is 19.9 Å². The highest BCUT2D eigenvalue weighted by atomic mass is 16.4. The van der Waals surface area contributed by atoms with Gasteiger partial charge in [-0.15, -0.1) is 0 Å². The van der Waals surface area contributed by atoms with Crippen molar-refractivity contribution in [1.29, 1.82) is 0 Å². The Labute approximate surface area is 106 Å². The van der Waals surface area contributed by atoms with Crippen molar-refractivity contribution >= 4 is 11.9 Å². The second-order valence-corrected chi connectivity index (χ2v) is 4.27. The van der Waals surface area contributed by atoms with Gasteiger partial charge in [0.25, 0.3) is 0 Å². The van der Waals surface area contributed by atoms with Crippen LogP contribution < -0.4 is 5.32 Å². The van der Waals surface area contributed by atoms with Gasteiger partial charge >= 0.3 is 5.97 Å². The highest BCUT2D eigenvalue weighted by Crippen LogP contribution is 2.05. The van der Waals surface area contributed by atoms with E-state index in [1.54, 1.807) is 18.2 Å². The molecular weight excluding hydrogens is 230 g/mol. The lowest BCUT2D eigenvalue weighted by Gasteiger charge is -2.04. The number of rotatable bonds is 5. The van der Waals surface area contributed by atoms with Gasteiger partial charge in [-0.25, -0.2) is 4.79 Å². The molecular formula is C14H17NO3. The molecule has 0 aliphatic heterocycles. The molecule has 0 fully saturated rings. The number of carboxylic acid groups (broad SMARTS) is 1. The van der Waals surface area contributed by atoms with Crippen molar-refractivity contribution in [1.82, 2.24) is 5.32 Å². The van der Waals surface area contributed by atoms with Crippen molar-refractivity contribution < 1.29 is 14.7 Å². The number of carbonyl (C=O) groups excluding carboxylic acids is 1. The molecule has 1 aromatic rings. The van der Waals surface area contributed by atoms with E-state index in [9.17, 15) is 9.59 Å². The summed E-state index contributed by atoms with van der Waals surface area (Å²) in [6, 6.07) is 6.72. The number of hydrogen-bond acceptors (Lipinski definition) is 2. The highest BCUT2D eigenvalue weighted by Gasteiger charge is 2.03. The minimum absolute atomic E-state index is 0.121. The van der Waals surface area contributed by atoms with Crippen LogP contribution in [0.1, 0.15) is 29.8 Å². The summed E-state index contributed by atoms with van der Waals surface area (Å²) in [7, 11) is 0. The quantitative estimate of drug-likeness (QED) is 0.782. The van der Waals surface area contributed by atoms with E-state index in [-0.39, 0.29) is 11.5 Å². The molecule has 96 valence electrons. The highest BCUT2D eigenvalue weighted by molar-refractivity contribution is 5.88. The number of benzene rings is 1. The Kier molecular flexibility index (Phi) is 5.11. The molecule has 0 aliphatic rings. The monoisotopic (exact) mass is 247 g/mol. The number of carbonyl (C=O) groups is 2. The molecule has 1 rings (SSSR count). The van der Waals surface area contributed by atoms with Crippen LogP contribution in [0.2, 0.25) is 0 Å². The van der Waals surface area contributed by atoms with Crippen LogP contribution in [0, 0.1) is 0 Å². The smallest absolute Gasteiger partial charge is 0.335 e. The normalized spacial score (nSPS) is 9.67. The summed E-state index contributed by atoms with van der Waals surface area (Å²) in [4.78, 5) is 22.1. The minimum atomic E-state index is -0.939. The second-order valence-electron chi connectivity index (χ2n) is 4.27. The molecule has 1 aromatic carbocycles. The van der Waals surface area contributed by atoms with Crippen LogP contribution in [0.5, 0.6) is 0 Å². The van der Waals surface area contributed by atoms with Gasteiger partial charge in [-0.1, -0.05) is 17.7 Å². The van der Waals surface area contributed by atoms with Crippen molar-refractivity contribution in [3.63, 3.8) is 0 Å². The molecule has 0 saturated heterocycles. The number of hydrogen-bond donors (Lipinski definition) is 2. The summed E-state index contributed by atoms with van der Waals surface area (Å²) in [6.45, 7) is 4.21. The van der Waals surface area contributed by atoms with Gasteiger partial charge in [0, 0.05) is 12.6 Å². The number of allylic oxidation sites excluding steroid dienone is 1. The number of aromatic carboxylic acids is 1. The zero-order chi connectivity index (χ0) is 13.5. The Morgan fingerprint density at radius 3 is 2.67 bits per heavy atom. The molecule has 0 saturated carbocycles. The second kappa shape index (κ2) is 6.59. The first kappa shape index (κ1) is 14.0. The summed E-state index contributed by atoms with van der Waals surface area (Å²) >= 11 is 0. The van der Waals surface area contributed by atoms with Gasteiger partial charge in [0.15, 0.2) is 0 Å². The average molecular weight is 247 g/mol. The summed E-state index contributed by atoms with van der Waals surface area (Å²) in [5.74, 6) is -1.06. The first-order valence-electron chi connectivity index (χ1n) is 5.74. The lowest BCUT2D eigenvalue weighted by molar-refractivity contribution is -0.116. The van der Waals surface area contributed by atoms with Crippen molar-refractivity contribution in [3.8, 4) is 0 Å². The first-order chi connectivity index (χ1) is 8.49. The van der Waals surface area contributed by atoms with Crippen LogP contribution in [0.15, 0.2) is 35.9 Å². The molecule has 0 atom stereocenters. The van der Waals surface area contributed by atoms with E-state index in [1.165, 1.54) is 6.08 Å². The molecule has 0 spiro atoms. The van der Waals surface area contributed by atoms with E-state index in [2.05, 4.69) is 5.32 Å². The Hall–Kier alpha value is -2.10. The molecule has 18 heavy (non-hydrogen) atoms. The molecule has 4 heteroatoms. The Balaban J connectivity index is 2.49. The fourth-order valence-corrected chi connectivity index (χ4v) is 1.50. The van der Waals surface area contributed by atoms with Crippen LogP contribution in [-0.2, 0) is 11.2 Å². The van der Waals surface area contributed by atoms with E-state index < -0.39 is 5.97 Å². The lowest BCUT2D eigenvalue weighted by atomic mass is 10.1. The van der Waals surface area contributed by atoms with E-state index in [4.69, 9.17) is 5.11 Å². The SMILES string of the molecule is CC(C)=CC(=O)NCCc1cccc(C(=O)O)c1.